The lowest BCUT2D eigenvalue weighted by atomic mass is 10.00. The maximum absolute atomic E-state index is 11.9. The van der Waals surface area contributed by atoms with E-state index < -0.39 is 6.04 Å². The first-order chi connectivity index (χ1) is 10.9. The highest BCUT2D eigenvalue weighted by Crippen LogP contribution is 2.20. The fraction of sp³-hybridized carbons (Fsp3) is 0.353. The van der Waals surface area contributed by atoms with E-state index in [0.717, 1.165) is 22.9 Å². The van der Waals surface area contributed by atoms with Crippen LogP contribution in [-0.2, 0) is 4.79 Å². The van der Waals surface area contributed by atoms with E-state index in [2.05, 4.69) is 15.5 Å². The summed E-state index contributed by atoms with van der Waals surface area (Å²) in [5.74, 6) is -0.213. The summed E-state index contributed by atoms with van der Waals surface area (Å²) in [7, 11) is 0. The maximum Gasteiger partial charge on any atom is 0.257 e. The van der Waals surface area contributed by atoms with Gasteiger partial charge in [0, 0.05) is 10.9 Å². The Bertz CT molecular complexity index is 745. The number of amides is 1. The number of nitrogens with two attached hydrogens (primary N) is 1. The molecule has 23 heavy (non-hydrogen) atoms. The number of pyridine rings is 1. The minimum Gasteiger partial charge on any atom is -0.320 e. The van der Waals surface area contributed by atoms with Gasteiger partial charge in [0.1, 0.15) is 5.15 Å². The van der Waals surface area contributed by atoms with E-state index in [0.29, 0.717) is 10.7 Å². The Morgan fingerprint density at radius 3 is 2.91 bits per heavy atom. The van der Waals surface area contributed by atoms with Gasteiger partial charge in [-0.1, -0.05) is 44.0 Å². The second kappa shape index (κ2) is 7.53. The number of aryl methyl sites for hydroxylation is 1. The average Bonchev–Trinajstić information content (AvgIpc) is 2.53. The first-order valence-corrected chi connectivity index (χ1v) is 7.95. The van der Waals surface area contributed by atoms with Gasteiger partial charge >= 0.3 is 0 Å². The van der Waals surface area contributed by atoms with E-state index >= 15 is 0 Å². The SMILES string of the molecule is CC[C@H](C)[C@H](N)C(=O)N/N=C\c1cc2ccc(C)cc2nc1Cl. The van der Waals surface area contributed by atoms with E-state index in [1.165, 1.54) is 6.21 Å². The summed E-state index contributed by atoms with van der Waals surface area (Å²) in [6.45, 7) is 5.92. The van der Waals surface area contributed by atoms with E-state index in [4.69, 9.17) is 17.3 Å². The van der Waals surface area contributed by atoms with Gasteiger partial charge in [-0.25, -0.2) is 10.4 Å². The zero-order chi connectivity index (χ0) is 17.0. The highest BCUT2D eigenvalue weighted by molar-refractivity contribution is 6.32. The van der Waals surface area contributed by atoms with Gasteiger partial charge in [-0.05, 0) is 30.5 Å². The predicted molar refractivity (Wildman–Crippen MR) is 94.7 cm³/mol. The number of halogens is 1. The maximum atomic E-state index is 11.9. The number of hydrogen-bond acceptors (Lipinski definition) is 4. The lowest BCUT2D eigenvalue weighted by Crippen LogP contribution is -2.42. The van der Waals surface area contributed by atoms with Crippen molar-refractivity contribution in [3.63, 3.8) is 0 Å². The quantitative estimate of drug-likeness (QED) is 0.501. The van der Waals surface area contributed by atoms with Gasteiger partial charge in [0.25, 0.3) is 5.91 Å². The summed E-state index contributed by atoms with van der Waals surface area (Å²) in [6, 6.07) is 7.25. The van der Waals surface area contributed by atoms with Crippen molar-refractivity contribution in [1.82, 2.24) is 10.4 Å². The molecule has 2 aromatic rings. The molecule has 0 aliphatic carbocycles. The van der Waals surface area contributed by atoms with Crippen LogP contribution in [0.1, 0.15) is 31.4 Å². The number of fused-ring (bicyclic) bond motifs is 1. The number of carbonyl (C=O) groups is 1. The number of nitrogens with zero attached hydrogens (tertiary/aromatic N) is 2. The van der Waals surface area contributed by atoms with Gasteiger partial charge < -0.3 is 5.73 Å². The molecular weight excluding hydrogens is 312 g/mol. The smallest absolute Gasteiger partial charge is 0.257 e. The van der Waals surface area contributed by atoms with Gasteiger partial charge in [-0.15, -0.1) is 0 Å². The van der Waals surface area contributed by atoms with E-state index in [1.807, 2.05) is 45.0 Å². The summed E-state index contributed by atoms with van der Waals surface area (Å²) >= 11 is 6.17. The Hall–Kier alpha value is -1.98. The van der Waals surface area contributed by atoms with Crippen molar-refractivity contribution in [2.45, 2.75) is 33.2 Å². The molecule has 2 rings (SSSR count). The number of hydrazone groups is 1. The molecule has 0 unspecified atom stereocenters. The van der Waals surface area contributed by atoms with Gasteiger partial charge in [0.2, 0.25) is 0 Å². The number of aromatic nitrogens is 1. The first kappa shape index (κ1) is 17.4. The zero-order valence-corrected chi connectivity index (χ0v) is 14.3. The Labute approximate surface area is 140 Å². The van der Waals surface area contributed by atoms with Gasteiger partial charge in [0.15, 0.2) is 0 Å². The summed E-state index contributed by atoms with van der Waals surface area (Å²) < 4.78 is 0. The van der Waals surface area contributed by atoms with Crippen LogP contribution in [0.5, 0.6) is 0 Å². The van der Waals surface area contributed by atoms with Crippen molar-refractivity contribution in [3.8, 4) is 0 Å². The fourth-order valence-electron chi connectivity index (χ4n) is 2.11. The standard InChI is InChI=1S/C17H21ClN4O/c1-4-11(3)15(19)17(23)22-20-9-13-8-12-6-5-10(2)7-14(12)21-16(13)18/h5-9,11,15H,4,19H2,1-3H3,(H,22,23)/b20-9-/t11-,15-/m0/s1. The van der Waals surface area contributed by atoms with Crippen LogP contribution in [-0.4, -0.2) is 23.1 Å². The van der Waals surface area contributed by atoms with Crippen LogP contribution >= 0.6 is 11.6 Å². The summed E-state index contributed by atoms with van der Waals surface area (Å²) in [6.07, 6.45) is 2.31. The molecule has 6 heteroatoms. The molecule has 0 bridgehead atoms. The minimum absolute atomic E-state index is 0.0966. The summed E-state index contributed by atoms with van der Waals surface area (Å²) in [5.41, 5.74) is 10.9. The zero-order valence-electron chi connectivity index (χ0n) is 13.5. The fourth-order valence-corrected chi connectivity index (χ4v) is 2.31. The molecule has 1 aromatic heterocycles. The van der Waals surface area contributed by atoms with Gasteiger partial charge in [-0.2, -0.15) is 5.10 Å². The highest BCUT2D eigenvalue weighted by atomic mass is 35.5. The number of rotatable bonds is 5. The van der Waals surface area contributed by atoms with E-state index in [9.17, 15) is 4.79 Å². The molecule has 0 saturated carbocycles. The molecular formula is C17H21ClN4O. The van der Waals surface area contributed by atoms with Crippen molar-refractivity contribution < 1.29 is 4.79 Å². The van der Waals surface area contributed by atoms with Crippen LogP contribution in [0, 0.1) is 12.8 Å². The van der Waals surface area contributed by atoms with Crippen molar-refractivity contribution >= 4 is 34.6 Å². The molecule has 0 spiro atoms. The van der Waals surface area contributed by atoms with Crippen molar-refractivity contribution in [2.24, 2.45) is 16.8 Å². The minimum atomic E-state index is -0.578. The van der Waals surface area contributed by atoms with E-state index in [1.54, 1.807) is 0 Å². The molecule has 2 atom stereocenters. The number of nitrogens with one attached hydrogen (secondary N) is 1. The molecule has 1 aromatic carbocycles. The molecule has 0 aliphatic heterocycles. The number of hydrogen-bond donors (Lipinski definition) is 2. The largest absolute Gasteiger partial charge is 0.320 e. The lowest BCUT2D eigenvalue weighted by molar-refractivity contribution is -0.123. The third kappa shape index (κ3) is 4.27. The van der Waals surface area contributed by atoms with E-state index in [-0.39, 0.29) is 11.8 Å². The van der Waals surface area contributed by atoms with Crippen molar-refractivity contribution in [2.75, 3.05) is 0 Å². The lowest BCUT2D eigenvalue weighted by Gasteiger charge is -2.15. The van der Waals surface area contributed by atoms with Crippen LogP contribution < -0.4 is 11.2 Å². The van der Waals surface area contributed by atoms with Crippen LogP contribution in [0.15, 0.2) is 29.4 Å². The molecule has 122 valence electrons. The second-order valence-corrected chi connectivity index (χ2v) is 6.07. The number of carbonyl (C=O) groups excluding carboxylic acids is 1. The topological polar surface area (TPSA) is 80.4 Å². The Balaban J connectivity index is 2.13. The highest BCUT2D eigenvalue weighted by Gasteiger charge is 2.18. The summed E-state index contributed by atoms with van der Waals surface area (Å²) in [4.78, 5) is 16.2. The Morgan fingerprint density at radius 1 is 1.48 bits per heavy atom. The average molecular weight is 333 g/mol. The van der Waals surface area contributed by atoms with Crippen molar-refractivity contribution in [1.29, 1.82) is 0 Å². The van der Waals surface area contributed by atoms with Crippen molar-refractivity contribution in [3.05, 3.63) is 40.5 Å². The third-order valence-electron chi connectivity index (χ3n) is 3.89. The molecule has 0 aliphatic rings. The second-order valence-electron chi connectivity index (χ2n) is 5.71. The number of benzene rings is 1. The Kier molecular flexibility index (Phi) is 5.69. The predicted octanol–water partition coefficient (Wildman–Crippen LogP) is 3.02. The third-order valence-corrected chi connectivity index (χ3v) is 4.19. The van der Waals surface area contributed by atoms with Crippen LogP contribution in [0.4, 0.5) is 0 Å². The molecule has 1 amide bonds. The first-order valence-electron chi connectivity index (χ1n) is 7.57. The summed E-state index contributed by atoms with van der Waals surface area (Å²) in [5, 5.41) is 5.24. The normalized spacial score (nSPS) is 14.1. The molecule has 0 radical (unpaired) electrons. The molecule has 3 N–H and O–H groups in total. The van der Waals surface area contributed by atoms with Crippen LogP contribution in [0.25, 0.3) is 10.9 Å². The van der Waals surface area contributed by atoms with Gasteiger partial charge in [0.05, 0.1) is 17.8 Å². The monoisotopic (exact) mass is 332 g/mol. The molecule has 1 heterocycles. The Morgan fingerprint density at radius 2 is 2.22 bits per heavy atom. The molecule has 5 nitrogen and oxygen atoms in total. The van der Waals surface area contributed by atoms with Crippen LogP contribution in [0.2, 0.25) is 5.15 Å². The molecule has 0 saturated heterocycles. The molecule has 0 fully saturated rings. The van der Waals surface area contributed by atoms with Gasteiger partial charge in [-0.3, -0.25) is 4.79 Å². The van der Waals surface area contributed by atoms with Crippen LogP contribution in [0.3, 0.4) is 0 Å².